The molecule has 1 aromatic carbocycles. The van der Waals surface area contributed by atoms with Gasteiger partial charge in [0.15, 0.2) is 0 Å². The summed E-state index contributed by atoms with van der Waals surface area (Å²) < 4.78 is 26.2. The number of hydrogen-bond donors (Lipinski definition) is 1. The van der Waals surface area contributed by atoms with Gasteiger partial charge in [0, 0.05) is 0 Å². The molecule has 0 amide bonds. The highest BCUT2D eigenvalue weighted by Gasteiger charge is 2.18. The minimum absolute atomic E-state index is 0.115. The summed E-state index contributed by atoms with van der Waals surface area (Å²) in [5.74, 6) is -3.31. The van der Waals surface area contributed by atoms with Gasteiger partial charge in [-0.1, -0.05) is 24.6 Å². The fourth-order valence-electron chi connectivity index (χ4n) is 1.29. The Balaban J connectivity index is 3.05. The second-order valence-corrected chi connectivity index (χ2v) is 3.64. The number of halogens is 3. The summed E-state index contributed by atoms with van der Waals surface area (Å²) in [5.41, 5.74) is 0.115. The molecule has 1 N–H and O–H groups in total. The van der Waals surface area contributed by atoms with Crippen LogP contribution in [0.2, 0.25) is 5.02 Å². The number of carbonyl (C=O) groups is 1. The van der Waals surface area contributed by atoms with Crippen LogP contribution in [0.3, 0.4) is 0 Å². The van der Waals surface area contributed by atoms with Gasteiger partial charge in [0.05, 0.1) is 6.42 Å². The highest BCUT2D eigenvalue weighted by molar-refractivity contribution is 6.30. The zero-order chi connectivity index (χ0) is 11.6. The smallest absolute Gasteiger partial charge is 0.303 e. The molecule has 0 aliphatic heterocycles. The molecule has 0 saturated carbocycles. The van der Waals surface area contributed by atoms with Gasteiger partial charge in [0.2, 0.25) is 0 Å². The minimum atomic E-state index is -1.04. The summed E-state index contributed by atoms with van der Waals surface area (Å²) in [6.07, 6.45) is -0.223. The third kappa shape index (κ3) is 2.65. The van der Waals surface area contributed by atoms with E-state index in [2.05, 4.69) is 0 Å². The van der Waals surface area contributed by atoms with Crippen molar-refractivity contribution in [2.75, 3.05) is 0 Å². The number of carboxylic acids is 1. The third-order valence-corrected chi connectivity index (χ3v) is 2.42. The van der Waals surface area contributed by atoms with Crippen molar-refractivity contribution in [3.8, 4) is 0 Å². The second-order valence-electron chi connectivity index (χ2n) is 3.26. The maximum atomic E-state index is 13.4. The highest BCUT2D eigenvalue weighted by atomic mass is 35.5. The standard InChI is InChI=1S/C10H9ClF2O2/c1-5(4-8(14)15)6-2-3-7(12)9(11)10(6)13/h2-3,5H,4H2,1H3,(H,14,15). The minimum Gasteiger partial charge on any atom is -0.481 e. The van der Waals surface area contributed by atoms with Crippen molar-refractivity contribution >= 4 is 17.6 Å². The first-order valence-corrected chi connectivity index (χ1v) is 4.66. The molecule has 1 aromatic rings. The normalized spacial score (nSPS) is 12.5. The van der Waals surface area contributed by atoms with E-state index < -0.39 is 28.5 Å². The molecule has 82 valence electrons. The van der Waals surface area contributed by atoms with Gasteiger partial charge in [-0.05, 0) is 17.5 Å². The van der Waals surface area contributed by atoms with Crippen LogP contribution in [-0.4, -0.2) is 11.1 Å². The van der Waals surface area contributed by atoms with Crippen LogP contribution in [0.15, 0.2) is 12.1 Å². The monoisotopic (exact) mass is 234 g/mol. The van der Waals surface area contributed by atoms with Gasteiger partial charge in [-0.3, -0.25) is 4.79 Å². The van der Waals surface area contributed by atoms with Crippen molar-refractivity contribution < 1.29 is 18.7 Å². The Labute approximate surface area is 90.5 Å². The van der Waals surface area contributed by atoms with E-state index in [4.69, 9.17) is 16.7 Å². The number of aliphatic carboxylic acids is 1. The summed E-state index contributed by atoms with van der Waals surface area (Å²) in [6.45, 7) is 1.54. The Morgan fingerprint density at radius 1 is 1.53 bits per heavy atom. The van der Waals surface area contributed by atoms with Crippen LogP contribution < -0.4 is 0 Å². The number of carboxylic acid groups (broad SMARTS) is 1. The summed E-state index contributed by atoms with van der Waals surface area (Å²) >= 11 is 5.37. The summed E-state index contributed by atoms with van der Waals surface area (Å²) in [5, 5.41) is 7.94. The summed E-state index contributed by atoms with van der Waals surface area (Å²) in [4.78, 5) is 10.4. The lowest BCUT2D eigenvalue weighted by Crippen LogP contribution is -2.05. The van der Waals surface area contributed by atoms with E-state index in [-0.39, 0.29) is 12.0 Å². The molecule has 0 aliphatic rings. The summed E-state index contributed by atoms with van der Waals surface area (Å²) in [7, 11) is 0. The third-order valence-electron chi connectivity index (χ3n) is 2.08. The van der Waals surface area contributed by atoms with Crippen molar-refractivity contribution in [1.82, 2.24) is 0 Å². The van der Waals surface area contributed by atoms with Crippen LogP contribution in [0.1, 0.15) is 24.8 Å². The molecule has 15 heavy (non-hydrogen) atoms. The van der Waals surface area contributed by atoms with E-state index in [9.17, 15) is 13.6 Å². The Kier molecular flexibility index (Phi) is 3.63. The molecule has 0 bridgehead atoms. The first-order chi connectivity index (χ1) is 6.93. The van der Waals surface area contributed by atoms with Gasteiger partial charge in [0.25, 0.3) is 0 Å². The predicted octanol–water partition coefficient (Wildman–Crippen LogP) is 3.20. The van der Waals surface area contributed by atoms with E-state index in [1.54, 1.807) is 6.92 Å². The fourth-order valence-corrected chi connectivity index (χ4v) is 1.47. The van der Waals surface area contributed by atoms with Gasteiger partial charge in [0.1, 0.15) is 16.7 Å². The Morgan fingerprint density at radius 2 is 2.13 bits per heavy atom. The molecule has 0 heterocycles. The Hall–Kier alpha value is -1.16. The molecule has 0 aromatic heterocycles. The molecular formula is C10H9ClF2O2. The molecule has 0 saturated heterocycles. The lowest BCUT2D eigenvalue weighted by molar-refractivity contribution is -0.137. The number of rotatable bonds is 3. The molecule has 1 rings (SSSR count). The van der Waals surface area contributed by atoms with Crippen molar-refractivity contribution in [2.45, 2.75) is 19.3 Å². The fraction of sp³-hybridized carbons (Fsp3) is 0.300. The van der Waals surface area contributed by atoms with Crippen LogP contribution in [0, 0.1) is 11.6 Å². The molecule has 0 spiro atoms. The van der Waals surface area contributed by atoms with E-state index in [0.717, 1.165) is 6.07 Å². The molecule has 1 atom stereocenters. The zero-order valence-electron chi connectivity index (χ0n) is 7.93. The molecule has 0 radical (unpaired) electrons. The quantitative estimate of drug-likeness (QED) is 0.816. The second kappa shape index (κ2) is 4.57. The van der Waals surface area contributed by atoms with Crippen molar-refractivity contribution in [3.05, 3.63) is 34.4 Å². The number of benzene rings is 1. The number of hydrogen-bond acceptors (Lipinski definition) is 1. The van der Waals surface area contributed by atoms with Gasteiger partial charge >= 0.3 is 5.97 Å². The molecule has 0 fully saturated rings. The Bertz CT molecular complexity index is 393. The average Bonchev–Trinajstić information content (AvgIpc) is 2.13. The first-order valence-electron chi connectivity index (χ1n) is 4.28. The largest absolute Gasteiger partial charge is 0.481 e. The van der Waals surface area contributed by atoms with Crippen molar-refractivity contribution in [2.24, 2.45) is 0 Å². The van der Waals surface area contributed by atoms with Crippen LogP contribution in [-0.2, 0) is 4.79 Å². The SMILES string of the molecule is CC(CC(=O)O)c1ccc(F)c(Cl)c1F. The lowest BCUT2D eigenvalue weighted by Gasteiger charge is -2.11. The van der Waals surface area contributed by atoms with Crippen LogP contribution in [0.4, 0.5) is 8.78 Å². The molecule has 0 aliphatic carbocycles. The van der Waals surface area contributed by atoms with Crippen LogP contribution >= 0.6 is 11.6 Å². The topological polar surface area (TPSA) is 37.3 Å². The molecular weight excluding hydrogens is 226 g/mol. The maximum absolute atomic E-state index is 13.4. The van der Waals surface area contributed by atoms with Crippen LogP contribution in [0.5, 0.6) is 0 Å². The Morgan fingerprint density at radius 3 is 2.67 bits per heavy atom. The summed E-state index contributed by atoms with van der Waals surface area (Å²) in [6, 6.07) is 2.24. The van der Waals surface area contributed by atoms with E-state index in [0.29, 0.717) is 0 Å². The average molecular weight is 235 g/mol. The first kappa shape index (κ1) is 11.9. The molecule has 5 heteroatoms. The van der Waals surface area contributed by atoms with Gasteiger partial charge in [-0.15, -0.1) is 0 Å². The van der Waals surface area contributed by atoms with E-state index in [1.165, 1.54) is 6.07 Å². The van der Waals surface area contributed by atoms with Crippen molar-refractivity contribution in [3.63, 3.8) is 0 Å². The van der Waals surface area contributed by atoms with Crippen LogP contribution in [0.25, 0.3) is 0 Å². The van der Waals surface area contributed by atoms with Gasteiger partial charge < -0.3 is 5.11 Å². The maximum Gasteiger partial charge on any atom is 0.303 e. The lowest BCUT2D eigenvalue weighted by atomic mass is 9.97. The van der Waals surface area contributed by atoms with Gasteiger partial charge in [-0.25, -0.2) is 8.78 Å². The van der Waals surface area contributed by atoms with Crippen molar-refractivity contribution in [1.29, 1.82) is 0 Å². The van der Waals surface area contributed by atoms with E-state index in [1.807, 2.05) is 0 Å². The predicted molar refractivity (Wildman–Crippen MR) is 52.0 cm³/mol. The van der Waals surface area contributed by atoms with Gasteiger partial charge in [-0.2, -0.15) is 0 Å². The van der Waals surface area contributed by atoms with E-state index >= 15 is 0 Å². The molecule has 2 nitrogen and oxygen atoms in total. The zero-order valence-corrected chi connectivity index (χ0v) is 8.68. The molecule has 1 unspecified atom stereocenters. The highest BCUT2D eigenvalue weighted by Crippen LogP contribution is 2.28.